The summed E-state index contributed by atoms with van der Waals surface area (Å²) < 4.78 is 7.70. The molecule has 0 bridgehead atoms. The monoisotopic (exact) mass is 474 g/mol. The Bertz CT molecular complexity index is 1350. The SMILES string of the molecule is O=C(OCc1nc2ccccc2s1)c1cc(-c2ccc(Br)cc2)nc2ccccc12. The summed E-state index contributed by atoms with van der Waals surface area (Å²) in [6.45, 7) is 0.141. The summed E-state index contributed by atoms with van der Waals surface area (Å²) >= 11 is 4.99. The van der Waals surface area contributed by atoms with Crippen molar-refractivity contribution in [2.24, 2.45) is 0 Å². The van der Waals surface area contributed by atoms with Gasteiger partial charge in [0.25, 0.3) is 0 Å². The van der Waals surface area contributed by atoms with Crippen molar-refractivity contribution in [3.05, 3.63) is 93.9 Å². The topological polar surface area (TPSA) is 52.1 Å². The fourth-order valence-electron chi connectivity index (χ4n) is 3.30. The van der Waals surface area contributed by atoms with Gasteiger partial charge in [0, 0.05) is 15.4 Å². The van der Waals surface area contributed by atoms with E-state index in [1.807, 2.05) is 72.8 Å². The van der Waals surface area contributed by atoms with Crippen molar-refractivity contribution in [2.45, 2.75) is 6.61 Å². The number of esters is 1. The molecule has 0 aliphatic carbocycles. The summed E-state index contributed by atoms with van der Waals surface area (Å²) in [5.41, 5.74) is 3.84. The molecule has 3 aromatic carbocycles. The number of hydrogen-bond acceptors (Lipinski definition) is 5. The summed E-state index contributed by atoms with van der Waals surface area (Å²) in [5, 5.41) is 1.55. The number of thiazole rings is 1. The maximum atomic E-state index is 13.0. The van der Waals surface area contributed by atoms with Crippen LogP contribution >= 0.6 is 27.3 Å². The number of rotatable bonds is 4. The van der Waals surface area contributed by atoms with Gasteiger partial charge in [-0.2, -0.15) is 0 Å². The number of halogens is 1. The first kappa shape index (κ1) is 18.9. The fraction of sp³-hybridized carbons (Fsp3) is 0.0417. The first-order valence-electron chi connectivity index (χ1n) is 9.35. The number of benzene rings is 3. The Kier molecular flexibility index (Phi) is 5.02. The minimum Gasteiger partial charge on any atom is -0.455 e. The third kappa shape index (κ3) is 3.72. The van der Waals surface area contributed by atoms with Crippen LogP contribution in [-0.2, 0) is 11.3 Å². The van der Waals surface area contributed by atoms with Crippen LogP contribution in [-0.4, -0.2) is 15.9 Å². The summed E-state index contributed by atoms with van der Waals surface area (Å²) in [6, 6.07) is 25.1. The Hall–Kier alpha value is -3.09. The number of para-hydroxylation sites is 2. The Morgan fingerprint density at radius 2 is 1.63 bits per heavy atom. The lowest BCUT2D eigenvalue weighted by atomic mass is 10.0. The van der Waals surface area contributed by atoms with E-state index in [9.17, 15) is 4.79 Å². The fourth-order valence-corrected chi connectivity index (χ4v) is 4.44. The lowest BCUT2D eigenvalue weighted by Gasteiger charge is -2.10. The molecule has 2 aromatic heterocycles. The maximum absolute atomic E-state index is 13.0. The molecule has 0 atom stereocenters. The number of carbonyl (C=O) groups is 1. The zero-order valence-corrected chi connectivity index (χ0v) is 18.1. The maximum Gasteiger partial charge on any atom is 0.339 e. The van der Waals surface area contributed by atoms with Gasteiger partial charge < -0.3 is 4.74 Å². The van der Waals surface area contributed by atoms with Gasteiger partial charge in [-0.3, -0.25) is 0 Å². The highest BCUT2D eigenvalue weighted by Gasteiger charge is 2.16. The molecule has 2 heterocycles. The first-order valence-corrected chi connectivity index (χ1v) is 11.0. The van der Waals surface area contributed by atoms with E-state index in [0.717, 1.165) is 41.9 Å². The third-order valence-corrected chi connectivity index (χ3v) is 6.28. The Morgan fingerprint density at radius 1 is 0.900 bits per heavy atom. The highest BCUT2D eigenvalue weighted by Crippen LogP contribution is 2.27. The molecule has 0 unspecified atom stereocenters. The molecular formula is C24H15BrN2O2S. The van der Waals surface area contributed by atoms with Crippen LogP contribution in [0, 0.1) is 0 Å². The number of fused-ring (bicyclic) bond motifs is 2. The molecule has 5 aromatic rings. The van der Waals surface area contributed by atoms with Crippen LogP contribution in [0.4, 0.5) is 0 Å². The second-order valence-corrected chi connectivity index (χ2v) is 8.76. The minimum atomic E-state index is -0.383. The van der Waals surface area contributed by atoms with Gasteiger partial charge in [-0.15, -0.1) is 11.3 Å². The van der Waals surface area contributed by atoms with Gasteiger partial charge in [-0.25, -0.2) is 14.8 Å². The van der Waals surface area contributed by atoms with Crippen molar-refractivity contribution >= 4 is 54.4 Å². The van der Waals surface area contributed by atoms with E-state index in [1.54, 1.807) is 6.07 Å². The van der Waals surface area contributed by atoms with Crippen LogP contribution in [0.5, 0.6) is 0 Å². The molecule has 0 fully saturated rings. The predicted molar refractivity (Wildman–Crippen MR) is 124 cm³/mol. The Balaban J connectivity index is 1.48. The zero-order valence-electron chi connectivity index (χ0n) is 15.7. The van der Waals surface area contributed by atoms with E-state index in [4.69, 9.17) is 9.72 Å². The van der Waals surface area contributed by atoms with Crippen LogP contribution in [0.1, 0.15) is 15.4 Å². The molecule has 5 rings (SSSR count). The molecule has 30 heavy (non-hydrogen) atoms. The highest BCUT2D eigenvalue weighted by atomic mass is 79.9. The number of ether oxygens (including phenoxy) is 1. The molecule has 0 spiro atoms. The Morgan fingerprint density at radius 3 is 2.43 bits per heavy atom. The molecule has 6 heteroatoms. The lowest BCUT2D eigenvalue weighted by molar-refractivity contribution is 0.0475. The van der Waals surface area contributed by atoms with Crippen molar-refractivity contribution in [3.8, 4) is 11.3 Å². The third-order valence-electron chi connectivity index (χ3n) is 4.74. The molecule has 0 N–H and O–H groups in total. The predicted octanol–water partition coefficient (Wildman–Crippen LogP) is 6.63. The molecule has 4 nitrogen and oxygen atoms in total. The number of pyridine rings is 1. The van der Waals surface area contributed by atoms with Crippen LogP contribution in [0.25, 0.3) is 32.4 Å². The second-order valence-electron chi connectivity index (χ2n) is 6.73. The van der Waals surface area contributed by atoms with E-state index in [-0.39, 0.29) is 12.6 Å². The van der Waals surface area contributed by atoms with E-state index in [1.165, 1.54) is 11.3 Å². The molecule has 0 saturated carbocycles. The van der Waals surface area contributed by atoms with Crippen molar-refractivity contribution in [1.29, 1.82) is 0 Å². The summed E-state index contributed by atoms with van der Waals surface area (Å²) in [4.78, 5) is 22.3. The normalized spacial score (nSPS) is 11.1. The molecule has 0 aliphatic heterocycles. The second kappa shape index (κ2) is 7.97. The van der Waals surface area contributed by atoms with E-state index >= 15 is 0 Å². The highest BCUT2D eigenvalue weighted by molar-refractivity contribution is 9.10. The van der Waals surface area contributed by atoms with E-state index in [2.05, 4.69) is 20.9 Å². The zero-order chi connectivity index (χ0) is 20.5. The number of nitrogens with zero attached hydrogens (tertiary/aromatic N) is 2. The summed E-state index contributed by atoms with van der Waals surface area (Å²) in [5.74, 6) is -0.383. The standard InChI is InChI=1S/C24H15BrN2O2S/c25-16-11-9-15(10-12-16)21-13-18(17-5-1-2-6-19(17)26-21)24(28)29-14-23-27-20-7-3-4-8-22(20)30-23/h1-13H,14H2. The average molecular weight is 475 g/mol. The molecular weight excluding hydrogens is 460 g/mol. The van der Waals surface area contributed by atoms with Crippen molar-refractivity contribution < 1.29 is 9.53 Å². The number of carbonyl (C=O) groups excluding carboxylic acids is 1. The van der Waals surface area contributed by atoms with Gasteiger partial charge in [0.2, 0.25) is 0 Å². The molecule has 146 valence electrons. The van der Waals surface area contributed by atoms with Crippen LogP contribution in [0.3, 0.4) is 0 Å². The van der Waals surface area contributed by atoms with Gasteiger partial charge in [-0.05, 0) is 36.4 Å². The molecule has 0 radical (unpaired) electrons. The average Bonchev–Trinajstić information content (AvgIpc) is 3.20. The molecule has 0 aliphatic rings. The summed E-state index contributed by atoms with van der Waals surface area (Å²) in [6.07, 6.45) is 0. The Labute approximate surface area is 185 Å². The molecule has 0 amide bonds. The largest absolute Gasteiger partial charge is 0.455 e. The van der Waals surface area contributed by atoms with Gasteiger partial charge >= 0.3 is 5.97 Å². The van der Waals surface area contributed by atoms with Crippen LogP contribution < -0.4 is 0 Å². The smallest absolute Gasteiger partial charge is 0.339 e. The van der Waals surface area contributed by atoms with E-state index in [0.29, 0.717) is 5.56 Å². The van der Waals surface area contributed by atoms with Crippen molar-refractivity contribution in [1.82, 2.24) is 9.97 Å². The first-order chi connectivity index (χ1) is 14.7. The number of hydrogen-bond donors (Lipinski definition) is 0. The van der Waals surface area contributed by atoms with Crippen molar-refractivity contribution in [3.63, 3.8) is 0 Å². The van der Waals surface area contributed by atoms with Gasteiger partial charge in [-0.1, -0.05) is 58.4 Å². The minimum absolute atomic E-state index is 0.141. The van der Waals surface area contributed by atoms with Gasteiger partial charge in [0.15, 0.2) is 0 Å². The van der Waals surface area contributed by atoms with Gasteiger partial charge in [0.05, 0.1) is 27.0 Å². The quantitative estimate of drug-likeness (QED) is 0.274. The van der Waals surface area contributed by atoms with Crippen molar-refractivity contribution in [2.75, 3.05) is 0 Å². The number of aromatic nitrogens is 2. The van der Waals surface area contributed by atoms with Crippen LogP contribution in [0.15, 0.2) is 83.3 Å². The molecule has 0 saturated heterocycles. The summed E-state index contributed by atoms with van der Waals surface area (Å²) in [7, 11) is 0. The van der Waals surface area contributed by atoms with Crippen LogP contribution in [0.2, 0.25) is 0 Å². The van der Waals surface area contributed by atoms with E-state index < -0.39 is 0 Å². The lowest BCUT2D eigenvalue weighted by Crippen LogP contribution is -2.07. The van der Waals surface area contributed by atoms with Gasteiger partial charge in [0.1, 0.15) is 11.6 Å².